The van der Waals surface area contributed by atoms with Crippen molar-refractivity contribution in [2.45, 2.75) is 32.7 Å². The lowest BCUT2D eigenvalue weighted by Gasteiger charge is -2.15. The fourth-order valence-electron chi connectivity index (χ4n) is 3.08. The van der Waals surface area contributed by atoms with Crippen LogP contribution in [-0.4, -0.2) is 23.5 Å². The summed E-state index contributed by atoms with van der Waals surface area (Å²) in [5.74, 6) is 0.719. The maximum Gasteiger partial charge on any atom is 0.272 e. The number of nitrogens with zero attached hydrogens (tertiary/aromatic N) is 1. The molecule has 0 saturated heterocycles. The highest BCUT2D eigenvalue weighted by Crippen LogP contribution is 2.26. The first-order valence-corrected chi connectivity index (χ1v) is 8.24. The van der Waals surface area contributed by atoms with Crippen LogP contribution >= 0.6 is 0 Å². The molecule has 0 aliphatic carbocycles. The lowest BCUT2D eigenvalue weighted by atomic mass is 10.0. The third kappa shape index (κ3) is 3.79. The van der Waals surface area contributed by atoms with Gasteiger partial charge in [-0.2, -0.15) is 0 Å². The minimum Gasteiger partial charge on any atom is -0.493 e. The first kappa shape index (κ1) is 17.0. The Morgan fingerprint density at radius 3 is 2.84 bits per heavy atom. The lowest BCUT2D eigenvalue weighted by molar-refractivity contribution is -0.385. The van der Waals surface area contributed by atoms with Crippen LogP contribution in [0.15, 0.2) is 36.4 Å². The molecule has 0 saturated carbocycles. The van der Waals surface area contributed by atoms with Crippen LogP contribution in [0.2, 0.25) is 0 Å². The van der Waals surface area contributed by atoms with Gasteiger partial charge in [0.05, 0.1) is 11.5 Å². The molecule has 2 aromatic rings. The molecular formula is C19H20N2O4. The van der Waals surface area contributed by atoms with E-state index in [-0.39, 0.29) is 17.6 Å². The number of amides is 1. The van der Waals surface area contributed by atoms with Gasteiger partial charge in [-0.1, -0.05) is 12.1 Å². The van der Waals surface area contributed by atoms with Gasteiger partial charge in [-0.25, -0.2) is 0 Å². The Balaban J connectivity index is 1.64. The van der Waals surface area contributed by atoms with Crippen LogP contribution in [-0.2, 0) is 12.8 Å². The normalized spacial score (nSPS) is 13.7. The Morgan fingerprint density at radius 2 is 2.12 bits per heavy atom. The van der Waals surface area contributed by atoms with Gasteiger partial charge in [0.15, 0.2) is 0 Å². The number of hydrogen-bond donors (Lipinski definition) is 1. The van der Waals surface area contributed by atoms with Gasteiger partial charge in [0.25, 0.3) is 11.6 Å². The van der Waals surface area contributed by atoms with Crippen LogP contribution < -0.4 is 10.1 Å². The Bertz CT molecular complexity index is 832. The fourth-order valence-corrected chi connectivity index (χ4v) is 3.08. The largest absolute Gasteiger partial charge is 0.493 e. The number of aryl methyl sites for hydroxylation is 1. The van der Waals surface area contributed by atoms with E-state index in [1.807, 2.05) is 19.1 Å². The highest BCUT2D eigenvalue weighted by Gasteiger charge is 2.17. The van der Waals surface area contributed by atoms with E-state index in [2.05, 4.69) is 11.4 Å². The van der Waals surface area contributed by atoms with Gasteiger partial charge in [-0.15, -0.1) is 0 Å². The standard InChI is InChI=1S/C19H20N2O4/c1-12-9-16(4-5-17(12)21(23)24)19(22)20-13(2)10-14-3-6-18-15(11-14)7-8-25-18/h3-6,9,11,13H,7-8,10H2,1-2H3,(H,20,22). The molecule has 0 spiro atoms. The first-order valence-electron chi connectivity index (χ1n) is 8.24. The van der Waals surface area contributed by atoms with Crippen molar-refractivity contribution in [3.05, 3.63) is 68.8 Å². The summed E-state index contributed by atoms with van der Waals surface area (Å²) in [6.07, 6.45) is 1.64. The second kappa shape index (κ2) is 6.93. The molecule has 2 aromatic carbocycles. The summed E-state index contributed by atoms with van der Waals surface area (Å²) >= 11 is 0. The summed E-state index contributed by atoms with van der Waals surface area (Å²) in [6, 6.07) is 10.5. The van der Waals surface area contributed by atoms with Gasteiger partial charge in [-0.05, 0) is 49.6 Å². The monoisotopic (exact) mass is 340 g/mol. The molecule has 130 valence electrons. The highest BCUT2D eigenvalue weighted by atomic mass is 16.6. The summed E-state index contributed by atoms with van der Waals surface area (Å²) in [6.45, 7) is 4.30. The summed E-state index contributed by atoms with van der Waals surface area (Å²) < 4.78 is 5.50. The van der Waals surface area contributed by atoms with Gasteiger partial charge >= 0.3 is 0 Å². The Kier molecular flexibility index (Phi) is 4.70. The third-order valence-electron chi connectivity index (χ3n) is 4.33. The Morgan fingerprint density at radius 1 is 1.32 bits per heavy atom. The lowest BCUT2D eigenvalue weighted by Crippen LogP contribution is -2.34. The quantitative estimate of drug-likeness (QED) is 0.669. The predicted molar refractivity (Wildman–Crippen MR) is 94.1 cm³/mol. The average Bonchev–Trinajstić information content (AvgIpc) is 3.01. The zero-order valence-electron chi connectivity index (χ0n) is 14.2. The number of nitro benzene ring substituents is 1. The molecule has 6 heteroatoms. The third-order valence-corrected chi connectivity index (χ3v) is 4.33. The van der Waals surface area contributed by atoms with Crippen molar-refractivity contribution in [1.29, 1.82) is 0 Å². The zero-order chi connectivity index (χ0) is 18.0. The first-order chi connectivity index (χ1) is 11.9. The van der Waals surface area contributed by atoms with Gasteiger partial charge < -0.3 is 10.1 Å². The molecule has 1 N–H and O–H groups in total. The van der Waals surface area contributed by atoms with Gasteiger partial charge in [0, 0.05) is 29.7 Å². The molecule has 6 nitrogen and oxygen atoms in total. The van der Waals surface area contributed by atoms with E-state index in [0.29, 0.717) is 17.5 Å². The number of hydrogen-bond acceptors (Lipinski definition) is 4. The van der Waals surface area contributed by atoms with Gasteiger partial charge in [0.2, 0.25) is 0 Å². The van der Waals surface area contributed by atoms with Crippen molar-refractivity contribution < 1.29 is 14.5 Å². The smallest absolute Gasteiger partial charge is 0.272 e. The Hall–Kier alpha value is -2.89. The molecule has 1 heterocycles. The van der Waals surface area contributed by atoms with Gasteiger partial charge in [0.1, 0.15) is 5.75 Å². The van der Waals surface area contributed by atoms with Crippen molar-refractivity contribution in [1.82, 2.24) is 5.32 Å². The molecule has 0 radical (unpaired) electrons. The van der Waals surface area contributed by atoms with Crippen LogP contribution in [0.4, 0.5) is 5.69 Å². The van der Waals surface area contributed by atoms with Crippen molar-refractivity contribution in [3.63, 3.8) is 0 Å². The molecular weight excluding hydrogens is 320 g/mol. The number of carbonyl (C=O) groups excluding carboxylic acids is 1. The van der Waals surface area contributed by atoms with Crippen LogP contribution in [0.5, 0.6) is 5.75 Å². The van der Waals surface area contributed by atoms with Crippen LogP contribution in [0.1, 0.15) is 34.0 Å². The van der Waals surface area contributed by atoms with Crippen LogP contribution in [0.3, 0.4) is 0 Å². The highest BCUT2D eigenvalue weighted by molar-refractivity contribution is 5.94. The van der Waals surface area contributed by atoms with Crippen molar-refractivity contribution in [3.8, 4) is 5.75 Å². The second-order valence-corrected chi connectivity index (χ2v) is 6.38. The number of ether oxygens (including phenoxy) is 1. The van der Waals surface area contributed by atoms with E-state index in [1.165, 1.54) is 17.7 Å². The molecule has 0 aromatic heterocycles. The Labute approximate surface area is 146 Å². The summed E-state index contributed by atoms with van der Waals surface area (Å²) in [7, 11) is 0. The van der Waals surface area contributed by atoms with Crippen molar-refractivity contribution in [2.24, 2.45) is 0 Å². The SMILES string of the molecule is Cc1cc(C(=O)NC(C)Cc2ccc3c(c2)CCO3)ccc1[N+](=O)[O-]. The molecule has 1 aliphatic heterocycles. The number of benzene rings is 2. The number of nitro groups is 1. The molecule has 1 aliphatic rings. The van der Waals surface area contributed by atoms with Crippen LogP contribution in [0.25, 0.3) is 0 Å². The summed E-state index contributed by atoms with van der Waals surface area (Å²) in [5.41, 5.74) is 3.28. The van der Waals surface area contributed by atoms with E-state index in [1.54, 1.807) is 13.0 Å². The molecule has 3 rings (SSSR count). The predicted octanol–water partition coefficient (Wildman–Crippen LogP) is 3.20. The summed E-state index contributed by atoms with van der Waals surface area (Å²) in [5, 5.41) is 13.8. The molecule has 1 unspecified atom stereocenters. The van der Waals surface area contributed by atoms with E-state index >= 15 is 0 Å². The number of nitrogens with one attached hydrogen (secondary N) is 1. The molecule has 1 amide bonds. The molecule has 0 fully saturated rings. The van der Waals surface area contributed by atoms with E-state index in [9.17, 15) is 14.9 Å². The van der Waals surface area contributed by atoms with Crippen molar-refractivity contribution >= 4 is 11.6 Å². The van der Waals surface area contributed by atoms with Crippen LogP contribution in [0, 0.1) is 17.0 Å². The van der Waals surface area contributed by atoms with Gasteiger partial charge in [-0.3, -0.25) is 14.9 Å². The van der Waals surface area contributed by atoms with E-state index < -0.39 is 4.92 Å². The van der Waals surface area contributed by atoms with Crippen molar-refractivity contribution in [2.75, 3.05) is 6.61 Å². The summed E-state index contributed by atoms with van der Waals surface area (Å²) in [4.78, 5) is 22.8. The topological polar surface area (TPSA) is 81.5 Å². The zero-order valence-corrected chi connectivity index (χ0v) is 14.2. The minimum absolute atomic E-state index is 0.0185. The average molecular weight is 340 g/mol. The van der Waals surface area contributed by atoms with E-state index in [4.69, 9.17) is 4.74 Å². The maximum atomic E-state index is 12.4. The second-order valence-electron chi connectivity index (χ2n) is 6.38. The molecule has 25 heavy (non-hydrogen) atoms. The number of carbonyl (C=O) groups is 1. The minimum atomic E-state index is -0.447. The number of rotatable bonds is 5. The number of fused-ring (bicyclic) bond motifs is 1. The fraction of sp³-hybridized carbons (Fsp3) is 0.316. The molecule has 1 atom stereocenters. The maximum absolute atomic E-state index is 12.4. The van der Waals surface area contributed by atoms with E-state index in [0.717, 1.165) is 24.3 Å². The molecule has 0 bridgehead atoms.